The van der Waals surface area contributed by atoms with E-state index in [0.717, 1.165) is 36.4 Å². The lowest BCUT2D eigenvalue weighted by molar-refractivity contribution is 0.0664. The van der Waals surface area contributed by atoms with E-state index in [9.17, 15) is 4.79 Å². The number of ether oxygens (including phenoxy) is 1. The van der Waals surface area contributed by atoms with Crippen molar-refractivity contribution in [3.05, 3.63) is 53.9 Å². The minimum Gasteiger partial charge on any atom is -0.497 e. The topological polar surface area (TPSA) is 81.6 Å². The minimum absolute atomic E-state index is 0.0592. The normalized spacial score (nSPS) is 16.8. The maximum Gasteiger partial charge on any atom is 0.289 e. The number of piperidine rings is 1. The van der Waals surface area contributed by atoms with Gasteiger partial charge in [0, 0.05) is 25.1 Å². The van der Waals surface area contributed by atoms with Crippen molar-refractivity contribution in [2.24, 2.45) is 5.92 Å². The van der Waals surface area contributed by atoms with E-state index < -0.39 is 0 Å². The number of likely N-dealkylation sites (tertiary alicyclic amines) is 1. The number of hydrogen-bond acceptors (Lipinski definition) is 6. The lowest BCUT2D eigenvalue weighted by atomic mass is 9.97. The summed E-state index contributed by atoms with van der Waals surface area (Å²) in [5.74, 6) is 3.49. The first-order valence-corrected chi connectivity index (χ1v) is 10.4. The monoisotopic (exact) mass is 409 g/mol. The summed E-state index contributed by atoms with van der Waals surface area (Å²) < 4.78 is 16.6. The van der Waals surface area contributed by atoms with Crippen LogP contribution in [0.3, 0.4) is 0 Å². The van der Waals surface area contributed by atoms with Crippen molar-refractivity contribution in [2.75, 3.05) is 20.2 Å². The average molecular weight is 409 g/mol. The fourth-order valence-corrected chi connectivity index (χ4v) is 3.78. The molecule has 158 valence electrons. The third kappa shape index (κ3) is 4.40. The number of methoxy groups -OCH3 is 1. The highest BCUT2D eigenvalue weighted by molar-refractivity contribution is 5.92. The quantitative estimate of drug-likeness (QED) is 0.594. The van der Waals surface area contributed by atoms with Gasteiger partial charge in [-0.05, 0) is 43.0 Å². The molecule has 1 amide bonds. The smallest absolute Gasteiger partial charge is 0.289 e. The van der Waals surface area contributed by atoms with Crippen LogP contribution in [0.15, 0.2) is 45.3 Å². The van der Waals surface area contributed by atoms with Crippen molar-refractivity contribution in [1.29, 1.82) is 0 Å². The molecule has 1 unspecified atom stereocenters. The number of carbonyl (C=O) groups is 1. The zero-order valence-electron chi connectivity index (χ0n) is 17.6. The van der Waals surface area contributed by atoms with Gasteiger partial charge in [0.15, 0.2) is 11.6 Å². The molecule has 1 atom stereocenters. The number of nitrogens with zero attached hydrogens (tertiary/aromatic N) is 3. The molecule has 3 heterocycles. The van der Waals surface area contributed by atoms with Gasteiger partial charge in [0.1, 0.15) is 11.5 Å². The number of hydrogen-bond donors (Lipinski definition) is 0. The van der Waals surface area contributed by atoms with Gasteiger partial charge in [-0.25, -0.2) is 0 Å². The third-order valence-electron chi connectivity index (χ3n) is 5.30. The van der Waals surface area contributed by atoms with Crippen LogP contribution in [0.25, 0.3) is 11.3 Å². The molecule has 1 fully saturated rings. The van der Waals surface area contributed by atoms with Crippen LogP contribution in [-0.2, 0) is 6.42 Å². The van der Waals surface area contributed by atoms with Crippen molar-refractivity contribution in [1.82, 2.24) is 15.0 Å². The lowest BCUT2D eigenvalue weighted by Gasteiger charge is -2.30. The van der Waals surface area contributed by atoms with Crippen molar-refractivity contribution in [2.45, 2.75) is 39.0 Å². The zero-order valence-corrected chi connectivity index (χ0v) is 17.6. The van der Waals surface area contributed by atoms with E-state index in [-0.39, 0.29) is 11.8 Å². The summed E-state index contributed by atoms with van der Waals surface area (Å²) in [4.78, 5) is 19.4. The Bertz CT molecular complexity index is 1010. The van der Waals surface area contributed by atoms with E-state index in [4.69, 9.17) is 13.7 Å². The molecule has 2 aromatic heterocycles. The molecule has 30 heavy (non-hydrogen) atoms. The van der Waals surface area contributed by atoms with Gasteiger partial charge < -0.3 is 18.6 Å². The second-order valence-corrected chi connectivity index (χ2v) is 8.13. The van der Waals surface area contributed by atoms with Gasteiger partial charge >= 0.3 is 0 Å². The molecule has 1 aromatic carbocycles. The molecule has 1 saturated heterocycles. The number of aromatic nitrogens is 2. The number of furan rings is 1. The predicted octanol–water partition coefficient (Wildman–Crippen LogP) is 4.56. The van der Waals surface area contributed by atoms with Crippen LogP contribution < -0.4 is 4.74 Å². The highest BCUT2D eigenvalue weighted by Gasteiger charge is 2.30. The highest BCUT2D eigenvalue weighted by Crippen LogP contribution is 2.29. The molecule has 7 nitrogen and oxygen atoms in total. The first-order valence-electron chi connectivity index (χ1n) is 10.4. The summed E-state index contributed by atoms with van der Waals surface area (Å²) >= 11 is 0. The molecule has 7 heteroatoms. The average Bonchev–Trinajstić information content (AvgIpc) is 3.43. The third-order valence-corrected chi connectivity index (χ3v) is 5.30. The molecule has 4 rings (SSSR count). The maximum absolute atomic E-state index is 13.0. The van der Waals surface area contributed by atoms with E-state index in [2.05, 4.69) is 24.0 Å². The SMILES string of the molecule is COc1cccc(-c2ccc(C(=O)N3CCCC(c4nc(CC(C)C)no4)C3)o2)c1. The second kappa shape index (κ2) is 8.73. The van der Waals surface area contributed by atoms with Crippen molar-refractivity contribution in [3.8, 4) is 17.1 Å². The van der Waals surface area contributed by atoms with E-state index in [0.29, 0.717) is 36.4 Å². The van der Waals surface area contributed by atoms with Crippen LogP contribution >= 0.6 is 0 Å². The van der Waals surface area contributed by atoms with Crippen LogP contribution in [0.2, 0.25) is 0 Å². The number of carbonyl (C=O) groups excluding carboxylic acids is 1. The van der Waals surface area contributed by atoms with E-state index >= 15 is 0 Å². The fraction of sp³-hybridized carbons (Fsp3) is 0.435. The summed E-state index contributed by atoms with van der Waals surface area (Å²) in [6.07, 6.45) is 2.61. The van der Waals surface area contributed by atoms with Gasteiger partial charge in [0.05, 0.1) is 13.0 Å². The summed E-state index contributed by atoms with van der Waals surface area (Å²) in [5.41, 5.74) is 0.869. The van der Waals surface area contributed by atoms with Crippen molar-refractivity contribution < 1.29 is 18.5 Å². The van der Waals surface area contributed by atoms with Gasteiger partial charge in [-0.2, -0.15) is 4.98 Å². The molecule has 0 aliphatic carbocycles. The minimum atomic E-state index is -0.115. The Labute approximate surface area is 176 Å². The second-order valence-electron chi connectivity index (χ2n) is 8.13. The van der Waals surface area contributed by atoms with Crippen LogP contribution in [0.1, 0.15) is 54.9 Å². The van der Waals surface area contributed by atoms with Gasteiger partial charge in [0.2, 0.25) is 5.89 Å². The number of benzene rings is 1. The fourth-order valence-electron chi connectivity index (χ4n) is 3.78. The summed E-state index contributed by atoms with van der Waals surface area (Å²) in [5, 5.41) is 4.09. The number of amides is 1. The standard InChI is InChI=1S/C23H27N3O4/c1-15(2)12-21-24-22(30-25-21)17-7-5-11-26(14-17)23(27)20-10-9-19(29-20)16-6-4-8-18(13-16)28-3/h4,6,8-10,13,15,17H,5,7,11-12,14H2,1-3H3. The molecule has 0 saturated carbocycles. The highest BCUT2D eigenvalue weighted by atomic mass is 16.5. The number of rotatable bonds is 6. The Morgan fingerprint density at radius 2 is 2.17 bits per heavy atom. The van der Waals surface area contributed by atoms with E-state index in [1.807, 2.05) is 35.2 Å². The van der Waals surface area contributed by atoms with Crippen molar-refractivity contribution >= 4 is 5.91 Å². The van der Waals surface area contributed by atoms with Crippen molar-refractivity contribution in [3.63, 3.8) is 0 Å². The molecular weight excluding hydrogens is 382 g/mol. The maximum atomic E-state index is 13.0. The summed E-state index contributed by atoms with van der Waals surface area (Å²) in [6.45, 7) is 5.50. The molecule has 1 aliphatic rings. The van der Waals surface area contributed by atoms with E-state index in [1.165, 1.54) is 0 Å². The first kappa shape index (κ1) is 20.2. The Morgan fingerprint density at radius 1 is 1.30 bits per heavy atom. The van der Waals surface area contributed by atoms with Gasteiger partial charge in [-0.15, -0.1) is 0 Å². The Hall–Kier alpha value is -3.09. The molecule has 0 bridgehead atoms. The summed E-state index contributed by atoms with van der Waals surface area (Å²) in [7, 11) is 1.62. The van der Waals surface area contributed by atoms with Crippen LogP contribution in [0.4, 0.5) is 0 Å². The van der Waals surface area contributed by atoms with Crippen LogP contribution in [-0.4, -0.2) is 41.1 Å². The predicted molar refractivity (Wildman–Crippen MR) is 111 cm³/mol. The van der Waals surface area contributed by atoms with E-state index in [1.54, 1.807) is 13.2 Å². The lowest BCUT2D eigenvalue weighted by Crippen LogP contribution is -2.39. The zero-order chi connectivity index (χ0) is 21.1. The molecule has 0 radical (unpaired) electrons. The molecule has 3 aromatic rings. The van der Waals surface area contributed by atoms with Gasteiger partial charge in [-0.1, -0.05) is 31.1 Å². The van der Waals surface area contributed by atoms with Crippen LogP contribution in [0, 0.1) is 5.92 Å². The first-order chi connectivity index (χ1) is 14.5. The Balaban J connectivity index is 1.45. The summed E-state index contributed by atoms with van der Waals surface area (Å²) in [6, 6.07) is 11.1. The molecule has 0 N–H and O–H groups in total. The Morgan fingerprint density at radius 3 is 2.97 bits per heavy atom. The largest absolute Gasteiger partial charge is 0.497 e. The molecule has 1 aliphatic heterocycles. The molecular formula is C23H27N3O4. The van der Waals surface area contributed by atoms with Crippen LogP contribution in [0.5, 0.6) is 5.75 Å². The Kier molecular flexibility index (Phi) is 5.88. The molecule has 0 spiro atoms. The van der Waals surface area contributed by atoms with Gasteiger partial charge in [0.25, 0.3) is 5.91 Å². The van der Waals surface area contributed by atoms with Gasteiger partial charge in [-0.3, -0.25) is 4.79 Å².